The van der Waals surface area contributed by atoms with Gasteiger partial charge in [0.15, 0.2) is 11.5 Å². The Labute approximate surface area is 140 Å². The van der Waals surface area contributed by atoms with Gasteiger partial charge in [-0.2, -0.15) is 0 Å². The van der Waals surface area contributed by atoms with Crippen molar-refractivity contribution in [1.82, 2.24) is 5.16 Å². The molecule has 7 nitrogen and oxygen atoms in total. The summed E-state index contributed by atoms with van der Waals surface area (Å²) < 4.78 is 25.9. The largest absolute Gasteiger partial charge is 0.493 e. The molecule has 0 radical (unpaired) electrons. The van der Waals surface area contributed by atoms with Crippen LogP contribution in [0.1, 0.15) is 24.7 Å². The van der Waals surface area contributed by atoms with Crippen molar-refractivity contribution in [1.29, 1.82) is 0 Å². The lowest BCUT2D eigenvalue weighted by atomic mass is 10.2. The molecule has 0 amide bonds. The molecule has 1 aromatic heterocycles. The molecule has 2 aromatic rings. The number of carbonyl (C=O) groups excluding carboxylic acids is 1. The van der Waals surface area contributed by atoms with Crippen molar-refractivity contribution in [2.24, 2.45) is 0 Å². The van der Waals surface area contributed by atoms with Gasteiger partial charge in [0.1, 0.15) is 12.4 Å². The molecule has 0 N–H and O–H groups in total. The van der Waals surface area contributed by atoms with Crippen LogP contribution in [0.5, 0.6) is 17.4 Å². The summed E-state index contributed by atoms with van der Waals surface area (Å²) in [5, 5.41) is 3.67. The highest BCUT2D eigenvalue weighted by atomic mass is 16.5. The molecule has 7 heteroatoms. The smallest absolute Gasteiger partial charge is 0.306 e. The summed E-state index contributed by atoms with van der Waals surface area (Å²) in [6, 6.07) is 7.07. The van der Waals surface area contributed by atoms with Crippen LogP contribution in [0.2, 0.25) is 0 Å². The van der Waals surface area contributed by atoms with Gasteiger partial charge in [-0.3, -0.25) is 4.79 Å². The maximum Gasteiger partial charge on any atom is 0.306 e. The number of benzene rings is 1. The van der Waals surface area contributed by atoms with Gasteiger partial charge < -0.3 is 23.5 Å². The Hall–Kier alpha value is -2.70. The summed E-state index contributed by atoms with van der Waals surface area (Å²) in [4.78, 5) is 11.8. The van der Waals surface area contributed by atoms with Crippen LogP contribution in [0.15, 0.2) is 28.8 Å². The first-order chi connectivity index (χ1) is 11.7. The number of methoxy groups -OCH3 is 2. The van der Waals surface area contributed by atoms with E-state index in [2.05, 4.69) is 5.16 Å². The second-order valence-corrected chi connectivity index (χ2v) is 4.91. The quantitative estimate of drug-likeness (QED) is 0.652. The predicted octanol–water partition coefficient (Wildman–Crippen LogP) is 2.77. The minimum absolute atomic E-state index is 0.168. The van der Waals surface area contributed by atoms with E-state index in [1.54, 1.807) is 25.3 Å². The van der Waals surface area contributed by atoms with Gasteiger partial charge in [-0.15, -0.1) is 0 Å². The van der Waals surface area contributed by atoms with Gasteiger partial charge in [0.05, 0.1) is 27.2 Å². The molecule has 0 spiro atoms. The van der Waals surface area contributed by atoms with Crippen LogP contribution in [0.25, 0.3) is 0 Å². The molecular weight excluding hydrogens is 314 g/mol. The zero-order chi connectivity index (χ0) is 17.4. The first-order valence-electron chi connectivity index (χ1n) is 7.61. The molecule has 2 rings (SSSR count). The van der Waals surface area contributed by atoms with Crippen LogP contribution in [0.4, 0.5) is 0 Å². The van der Waals surface area contributed by atoms with E-state index in [0.717, 1.165) is 5.56 Å². The number of rotatable bonds is 9. The number of aromatic nitrogens is 1. The number of esters is 1. The number of ether oxygens (including phenoxy) is 4. The molecule has 0 saturated heterocycles. The van der Waals surface area contributed by atoms with Crippen LogP contribution in [0.3, 0.4) is 0 Å². The maximum atomic E-state index is 11.8. The van der Waals surface area contributed by atoms with Crippen LogP contribution >= 0.6 is 0 Å². The SMILES string of the molecule is CCOc1ccc(COC(=O)CCc2cc(OC)no2)cc1OC. The van der Waals surface area contributed by atoms with Gasteiger partial charge in [-0.05, 0) is 29.8 Å². The third-order valence-corrected chi connectivity index (χ3v) is 3.25. The number of nitrogens with zero attached hydrogens (tertiary/aromatic N) is 1. The Morgan fingerprint density at radius 1 is 1.17 bits per heavy atom. The number of carbonyl (C=O) groups is 1. The summed E-state index contributed by atoms with van der Waals surface area (Å²) in [6.07, 6.45) is 0.605. The molecule has 0 unspecified atom stereocenters. The highest BCUT2D eigenvalue weighted by Crippen LogP contribution is 2.28. The van der Waals surface area contributed by atoms with Crippen molar-refractivity contribution < 1.29 is 28.3 Å². The minimum atomic E-state index is -0.321. The van der Waals surface area contributed by atoms with Gasteiger partial charge in [0, 0.05) is 12.5 Å². The molecule has 1 heterocycles. The Morgan fingerprint density at radius 2 is 2.00 bits per heavy atom. The third-order valence-electron chi connectivity index (χ3n) is 3.25. The van der Waals surface area contributed by atoms with Crippen LogP contribution in [-0.4, -0.2) is 32.0 Å². The Morgan fingerprint density at radius 3 is 2.67 bits per heavy atom. The molecule has 0 aliphatic carbocycles. The van der Waals surface area contributed by atoms with Crippen molar-refractivity contribution in [3.63, 3.8) is 0 Å². The van der Waals surface area contributed by atoms with Crippen LogP contribution < -0.4 is 14.2 Å². The van der Waals surface area contributed by atoms with E-state index in [9.17, 15) is 4.79 Å². The molecule has 1 aromatic carbocycles. The van der Waals surface area contributed by atoms with Crippen LogP contribution in [0, 0.1) is 0 Å². The fraction of sp³-hybridized carbons (Fsp3) is 0.412. The van der Waals surface area contributed by atoms with E-state index < -0.39 is 0 Å². The monoisotopic (exact) mass is 335 g/mol. The van der Waals surface area contributed by atoms with E-state index >= 15 is 0 Å². The number of aryl methyl sites for hydroxylation is 1. The maximum absolute atomic E-state index is 11.8. The highest BCUT2D eigenvalue weighted by Gasteiger charge is 2.10. The van der Waals surface area contributed by atoms with E-state index in [4.69, 9.17) is 23.5 Å². The number of hydrogen-bond acceptors (Lipinski definition) is 7. The number of hydrogen-bond donors (Lipinski definition) is 0. The van der Waals surface area contributed by atoms with Gasteiger partial charge >= 0.3 is 5.97 Å². The fourth-order valence-corrected chi connectivity index (χ4v) is 2.05. The average Bonchev–Trinajstić information content (AvgIpc) is 3.07. The lowest BCUT2D eigenvalue weighted by molar-refractivity contribution is -0.145. The van der Waals surface area contributed by atoms with Gasteiger partial charge in [0.2, 0.25) is 0 Å². The Kier molecular flexibility index (Phi) is 6.48. The van der Waals surface area contributed by atoms with Crippen molar-refractivity contribution in [3.8, 4) is 17.4 Å². The molecule has 130 valence electrons. The van der Waals surface area contributed by atoms with Crippen molar-refractivity contribution in [3.05, 3.63) is 35.6 Å². The van der Waals surface area contributed by atoms with Crippen molar-refractivity contribution in [2.75, 3.05) is 20.8 Å². The van der Waals surface area contributed by atoms with E-state index in [0.29, 0.717) is 36.2 Å². The molecule has 0 fully saturated rings. The van der Waals surface area contributed by atoms with E-state index in [-0.39, 0.29) is 19.0 Å². The molecule has 0 aliphatic rings. The average molecular weight is 335 g/mol. The Balaban J connectivity index is 1.82. The molecule has 0 aliphatic heterocycles. The summed E-state index contributed by atoms with van der Waals surface area (Å²) >= 11 is 0. The predicted molar refractivity (Wildman–Crippen MR) is 85.3 cm³/mol. The van der Waals surface area contributed by atoms with Crippen molar-refractivity contribution >= 4 is 5.97 Å². The second kappa shape index (κ2) is 8.81. The molecule has 24 heavy (non-hydrogen) atoms. The Bertz CT molecular complexity index is 667. The normalized spacial score (nSPS) is 10.3. The standard InChI is InChI=1S/C17H21NO6/c1-4-22-14-7-5-12(9-15(14)20-2)11-23-17(19)8-6-13-10-16(21-3)18-24-13/h5,7,9-10H,4,6,8,11H2,1-3H3. The van der Waals surface area contributed by atoms with Gasteiger partial charge in [-0.25, -0.2) is 0 Å². The zero-order valence-corrected chi connectivity index (χ0v) is 14.0. The first kappa shape index (κ1) is 17.7. The molecule has 0 saturated carbocycles. The van der Waals surface area contributed by atoms with Crippen LogP contribution in [-0.2, 0) is 22.6 Å². The molecular formula is C17H21NO6. The summed E-state index contributed by atoms with van der Waals surface area (Å²) in [5.74, 6) is 1.91. The topological polar surface area (TPSA) is 80.0 Å². The lowest BCUT2D eigenvalue weighted by Crippen LogP contribution is -2.06. The van der Waals surface area contributed by atoms with E-state index in [1.807, 2.05) is 13.0 Å². The highest BCUT2D eigenvalue weighted by molar-refractivity contribution is 5.69. The summed E-state index contributed by atoms with van der Waals surface area (Å²) in [6.45, 7) is 2.62. The zero-order valence-electron chi connectivity index (χ0n) is 14.0. The lowest BCUT2D eigenvalue weighted by Gasteiger charge is -2.11. The van der Waals surface area contributed by atoms with Gasteiger partial charge in [-0.1, -0.05) is 6.07 Å². The molecule has 0 bridgehead atoms. The first-order valence-corrected chi connectivity index (χ1v) is 7.61. The fourth-order valence-electron chi connectivity index (χ4n) is 2.05. The summed E-state index contributed by atoms with van der Waals surface area (Å²) in [7, 11) is 3.07. The summed E-state index contributed by atoms with van der Waals surface area (Å²) in [5.41, 5.74) is 0.824. The second-order valence-electron chi connectivity index (χ2n) is 4.91. The van der Waals surface area contributed by atoms with Crippen molar-refractivity contribution in [2.45, 2.75) is 26.4 Å². The molecule has 0 atom stereocenters. The third kappa shape index (κ3) is 4.91. The minimum Gasteiger partial charge on any atom is -0.493 e. The van der Waals surface area contributed by atoms with E-state index in [1.165, 1.54) is 7.11 Å². The van der Waals surface area contributed by atoms with Gasteiger partial charge in [0.25, 0.3) is 5.88 Å².